The van der Waals surface area contributed by atoms with Crippen LogP contribution in [-0.2, 0) is 5.75 Å². The zero-order valence-corrected chi connectivity index (χ0v) is 13.3. The van der Waals surface area contributed by atoms with Crippen molar-refractivity contribution in [3.8, 4) is 0 Å². The molecule has 1 nitrogen and oxygen atoms in total. The van der Waals surface area contributed by atoms with Gasteiger partial charge >= 0.3 is 0 Å². The van der Waals surface area contributed by atoms with Gasteiger partial charge in [-0.15, -0.1) is 11.8 Å². The molecule has 1 aliphatic rings. The van der Waals surface area contributed by atoms with E-state index in [1.54, 1.807) is 0 Å². The number of thioether (sulfide) groups is 1. The predicted octanol–water partition coefficient (Wildman–Crippen LogP) is 5.06. The topological polar surface area (TPSA) is 12.0 Å². The Bertz CT molecular complexity index is 446. The molecule has 0 saturated heterocycles. The molecule has 0 bridgehead atoms. The smallest absolute Gasteiger partial charge is 0.0636 e. The highest BCUT2D eigenvalue weighted by Crippen LogP contribution is 2.48. The first-order valence-electron chi connectivity index (χ1n) is 6.31. The van der Waals surface area contributed by atoms with Crippen molar-refractivity contribution in [2.75, 3.05) is 6.54 Å². The molecule has 100 valence electrons. The highest BCUT2D eigenvalue weighted by Gasteiger charge is 2.37. The molecule has 0 amide bonds. The summed E-state index contributed by atoms with van der Waals surface area (Å²) in [7, 11) is 0. The third-order valence-corrected chi connectivity index (χ3v) is 5.68. The zero-order chi connectivity index (χ0) is 13.3. The largest absolute Gasteiger partial charge is 0.309 e. The number of halogens is 2. The SMILES string of the molecule is CCCNC1c2ccc(Cl)c(Cl)c2CSC1(C)C. The molecule has 0 aliphatic carbocycles. The van der Waals surface area contributed by atoms with Crippen molar-refractivity contribution in [3.63, 3.8) is 0 Å². The summed E-state index contributed by atoms with van der Waals surface area (Å²) in [5, 5.41) is 5.02. The molecule has 1 aliphatic heterocycles. The van der Waals surface area contributed by atoms with Gasteiger partial charge in [-0.2, -0.15) is 0 Å². The number of benzene rings is 1. The van der Waals surface area contributed by atoms with E-state index in [4.69, 9.17) is 23.2 Å². The maximum Gasteiger partial charge on any atom is 0.0636 e. The molecule has 1 aromatic rings. The Labute approximate surface area is 124 Å². The number of nitrogens with one attached hydrogen (secondary N) is 1. The van der Waals surface area contributed by atoms with Gasteiger partial charge in [0.25, 0.3) is 0 Å². The average Bonchev–Trinajstić information content (AvgIpc) is 2.32. The van der Waals surface area contributed by atoms with Gasteiger partial charge in [-0.1, -0.05) is 36.2 Å². The summed E-state index contributed by atoms with van der Waals surface area (Å²) >= 11 is 14.4. The van der Waals surface area contributed by atoms with Gasteiger partial charge in [-0.25, -0.2) is 0 Å². The first kappa shape index (κ1) is 14.5. The van der Waals surface area contributed by atoms with Crippen LogP contribution in [0.4, 0.5) is 0 Å². The molecule has 0 aromatic heterocycles. The number of rotatable bonds is 3. The van der Waals surface area contributed by atoms with Gasteiger partial charge in [-0.3, -0.25) is 0 Å². The van der Waals surface area contributed by atoms with Crippen molar-refractivity contribution >= 4 is 35.0 Å². The average molecular weight is 304 g/mol. The summed E-state index contributed by atoms with van der Waals surface area (Å²) in [4.78, 5) is 0. The van der Waals surface area contributed by atoms with E-state index in [0.717, 1.165) is 23.7 Å². The molecule has 18 heavy (non-hydrogen) atoms. The minimum atomic E-state index is 0.180. The second-order valence-corrected chi connectivity index (χ2v) is 7.62. The van der Waals surface area contributed by atoms with Crippen molar-refractivity contribution in [2.45, 2.75) is 43.7 Å². The van der Waals surface area contributed by atoms with Crippen molar-refractivity contribution in [3.05, 3.63) is 33.3 Å². The highest BCUT2D eigenvalue weighted by atomic mass is 35.5. The van der Waals surface area contributed by atoms with E-state index < -0.39 is 0 Å². The monoisotopic (exact) mass is 303 g/mol. The van der Waals surface area contributed by atoms with Crippen molar-refractivity contribution in [1.82, 2.24) is 5.32 Å². The molecule has 1 heterocycles. The fraction of sp³-hybridized carbons (Fsp3) is 0.571. The van der Waals surface area contributed by atoms with E-state index in [1.165, 1.54) is 11.1 Å². The highest BCUT2D eigenvalue weighted by molar-refractivity contribution is 8.00. The Balaban J connectivity index is 2.42. The molecular formula is C14H19Cl2NS. The summed E-state index contributed by atoms with van der Waals surface area (Å²) in [5.41, 5.74) is 2.50. The summed E-state index contributed by atoms with van der Waals surface area (Å²) < 4.78 is 0.180. The maximum atomic E-state index is 6.33. The van der Waals surface area contributed by atoms with E-state index >= 15 is 0 Å². The lowest BCUT2D eigenvalue weighted by atomic mass is 9.91. The molecule has 1 atom stereocenters. The molecule has 2 rings (SSSR count). The second-order valence-electron chi connectivity index (χ2n) is 5.21. The number of hydrogen-bond donors (Lipinski definition) is 1. The minimum absolute atomic E-state index is 0.180. The van der Waals surface area contributed by atoms with Gasteiger partial charge in [0.05, 0.1) is 10.0 Å². The lowest BCUT2D eigenvalue weighted by Gasteiger charge is -2.40. The fourth-order valence-electron chi connectivity index (χ4n) is 2.39. The first-order chi connectivity index (χ1) is 8.47. The van der Waals surface area contributed by atoms with Crippen LogP contribution in [0.2, 0.25) is 10.0 Å². The molecule has 0 spiro atoms. The maximum absolute atomic E-state index is 6.33. The number of hydrogen-bond acceptors (Lipinski definition) is 2. The standard InChI is InChI=1S/C14H19Cl2NS/c1-4-7-17-13-9-5-6-11(15)12(16)10(9)8-18-14(13,2)3/h5-6,13,17H,4,7-8H2,1-3H3. The van der Waals surface area contributed by atoms with Crippen LogP contribution in [0.3, 0.4) is 0 Å². The molecule has 1 aromatic carbocycles. The molecule has 0 radical (unpaired) electrons. The van der Waals surface area contributed by atoms with Gasteiger partial charge in [0, 0.05) is 16.5 Å². The molecule has 1 N–H and O–H groups in total. The third kappa shape index (κ3) is 2.67. The van der Waals surface area contributed by atoms with E-state index in [0.29, 0.717) is 11.1 Å². The Kier molecular flexibility index (Phi) is 4.53. The van der Waals surface area contributed by atoms with E-state index in [-0.39, 0.29) is 4.75 Å². The van der Waals surface area contributed by atoms with Crippen LogP contribution in [0.5, 0.6) is 0 Å². The number of fused-ring (bicyclic) bond motifs is 1. The second kappa shape index (κ2) is 5.62. The summed E-state index contributed by atoms with van der Waals surface area (Å²) in [6.45, 7) is 7.78. The van der Waals surface area contributed by atoms with Crippen LogP contribution in [0.1, 0.15) is 44.4 Å². The summed E-state index contributed by atoms with van der Waals surface area (Å²) in [6.07, 6.45) is 1.13. The van der Waals surface area contributed by atoms with Gasteiger partial charge in [0.15, 0.2) is 0 Å². The lowest BCUT2D eigenvalue weighted by molar-refractivity contribution is 0.439. The van der Waals surface area contributed by atoms with Crippen LogP contribution in [0.15, 0.2) is 12.1 Å². The summed E-state index contributed by atoms with van der Waals surface area (Å²) in [6, 6.07) is 4.37. The first-order valence-corrected chi connectivity index (χ1v) is 8.05. The van der Waals surface area contributed by atoms with Crippen molar-refractivity contribution in [1.29, 1.82) is 0 Å². The molecule has 1 unspecified atom stereocenters. The normalized spacial score (nSPS) is 21.7. The van der Waals surface area contributed by atoms with E-state index in [9.17, 15) is 0 Å². The van der Waals surface area contributed by atoms with Crippen LogP contribution >= 0.6 is 35.0 Å². The van der Waals surface area contributed by atoms with E-state index in [2.05, 4.69) is 32.2 Å². The van der Waals surface area contributed by atoms with Crippen molar-refractivity contribution in [2.24, 2.45) is 0 Å². The quantitative estimate of drug-likeness (QED) is 0.837. The van der Waals surface area contributed by atoms with Crippen molar-refractivity contribution < 1.29 is 0 Å². The van der Waals surface area contributed by atoms with Crippen LogP contribution < -0.4 is 5.32 Å². The predicted molar refractivity (Wildman–Crippen MR) is 82.9 cm³/mol. The Hall–Kier alpha value is 0.110. The fourth-order valence-corrected chi connectivity index (χ4v) is 4.08. The Morgan fingerprint density at radius 3 is 2.78 bits per heavy atom. The lowest BCUT2D eigenvalue weighted by Crippen LogP contribution is -2.40. The van der Waals surface area contributed by atoms with E-state index in [1.807, 2.05) is 17.8 Å². The molecule has 4 heteroatoms. The third-order valence-electron chi connectivity index (χ3n) is 3.43. The van der Waals surface area contributed by atoms with Crippen LogP contribution in [-0.4, -0.2) is 11.3 Å². The van der Waals surface area contributed by atoms with Gasteiger partial charge in [0.2, 0.25) is 0 Å². The minimum Gasteiger partial charge on any atom is -0.309 e. The van der Waals surface area contributed by atoms with Gasteiger partial charge in [-0.05, 0) is 44.0 Å². The molecule has 0 saturated carbocycles. The zero-order valence-electron chi connectivity index (χ0n) is 11.0. The Morgan fingerprint density at radius 1 is 1.39 bits per heavy atom. The van der Waals surface area contributed by atoms with Gasteiger partial charge in [0.1, 0.15) is 0 Å². The summed E-state index contributed by atoms with van der Waals surface area (Å²) in [5.74, 6) is 0.937. The molecule has 0 fully saturated rings. The van der Waals surface area contributed by atoms with Gasteiger partial charge < -0.3 is 5.32 Å². The van der Waals surface area contributed by atoms with Crippen LogP contribution in [0, 0.1) is 0 Å². The van der Waals surface area contributed by atoms with Crippen LogP contribution in [0.25, 0.3) is 0 Å². The molecular weight excluding hydrogens is 285 g/mol. The Morgan fingerprint density at radius 2 is 2.11 bits per heavy atom.